The second kappa shape index (κ2) is 9.81. The van der Waals surface area contributed by atoms with Gasteiger partial charge >= 0.3 is 0 Å². The van der Waals surface area contributed by atoms with E-state index in [1.807, 2.05) is 0 Å². The molecule has 1 aliphatic heterocycles. The Hall–Kier alpha value is -0.370. The number of morpholine rings is 1. The first-order chi connectivity index (χ1) is 10.8. The number of aliphatic hydroxyl groups is 5. The number of rotatable bonds is 10. The fourth-order valence-corrected chi connectivity index (χ4v) is 3.45. The van der Waals surface area contributed by atoms with Gasteiger partial charge in [-0.05, 0) is 0 Å². The van der Waals surface area contributed by atoms with E-state index in [-0.39, 0.29) is 18.8 Å². The number of hydrogen-bond acceptors (Lipinski definition) is 9. The third kappa shape index (κ3) is 6.57. The molecule has 23 heavy (non-hydrogen) atoms. The van der Waals surface area contributed by atoms with Crippen LogP contribution in [-0.4, -0.2) is 114 Å². The van der Waals surface area contributed by atoms with Crippen LogP contribution in [0.15, 0.2) is 0 Å². The van der Waals surface area contributed by atoms with Gasteiger partial charge in [0, 0.05) is 26.2 Å². The van der Waals surface area contributed by atoms with E-state index in [1.54, 1.807) is 0 Å². The van der Waals surface area contributed by atoms with Crippen LogP contribution >= 0.6 is 0 Å². The van der Waals surface area contributed by atoms with Crippen LogP contribution in [0, 0.1) is 0 Å². The van der Waals surface area contributed by atoms with Gasteiger partial charge in [0.1, 0.15) is 18.3 Å². The third-order valence-corrected chi connectivity index (χ3v) is 5.45. The zero-order valence-corrected chi connectivity index (χ0v) is 13.6. The molecule has 1 fully saturated rings. The zero-order valence-electron chi connectivity index (χ0n) is 12.8. The van der Waals surface area contributed by atoms with Gasteiger partial charge in [-0.2, -0.15) is 4.31 Å². The first-order valence-electron chi connectivity index (χ1n) is 7.39. The quantitative estimate of drug-likeness (QED) is 0.212. The maximum absolute atomic E-state index is 12.0. The van der Waals surface area contributed by atoms with Gasteiger partial charge in [-0.1, -0.05) is 0 Å². The van der Waals surface area contributed by atoms with E-state index in [4.69, 9.17) is 9.84 Å². The average molecular weight is 358 g/mol. The molecule has 10 nitrogen and oxygen atoms in total. The largest absolute Gasteiger partial charge is 0.394 e. The van der Waals surface area contributed by atoms with E-state index in [1.165, 1.54) is 4.31 Å². The molecule has 0 aromatic rings. The second-order valence-corrected chi connectivity index (χ2v) is 7.42. The van der Waals surface area contributed by atoms with E-state index >= 15 is 0 Å². The summed E-state index contributed by atoms with van der Waals surface area (Å²) in [6.07, 6.45) is -6.35. The van der Waals surface area contributed by atoms with Crippen LogP contribution in [-0.2, 0) is 14.8 Å². The molecule has 4 atom stereocenters. The lowest BCUT2D eigenvalue weighted by molar-refractivity contribution is -0.113. The smallest absolute Gasteiger partial charge is 0.215 e. The summed E-state index contributed by atoms with van der Waals surface area (Å²) < 4.78 is 30.5. The molecule has 0 aromatic carbocycles. The van der Waals surface area contributed by atoms with Crippen molar-refractivity contribution in [1.82, 2.24) is 9.62 Å². The molecule has 0 unspecified atom stereocenters. The molecule has 138 valence electrons. The summed E-state index contributed by atoms with van der Waals surface area (Å²) in [6, 6.07) is 0. The average Bonchev–Trinajstić information content (AvgIpc) is 2.57. The van der Waals surface area contributed by atoms with Crippen molar-refractivity contribution in [2.75, 3.05) is 51.8 Å². The van der Waals surface area contributed by atoms with Crippen LogP contribution in [0.2, 0.25) is 0 Å². The molecule has 0 radical (unpaired) electrons. The van der Waals surface area contributed by atoms with E-state index in [0.29, 0.717) is 26.3 Å². The Morgan fingerprint density at radius 3 is 2.17 bits per heavy atom. The molecule has 1 heterocycles. The normalized spacial score (nSPS) is 22.5. The number of hydrogen-bond donors (Lipinski definition) is 6. The molecule has 0 aromatic heterocycles. The summed E-state index contributed by atoms with van der Waals surface area (Å²) >= 11 is 0. The number of sulfonamides is 1. The van der Waals surface area contributed by atoms with Gasteiger partial charge in [-0.15, -0.1) is 0 Å². The Bertz CT molecular complexity index is 429. The van der Waals surface area contributed by atoms with Crippen molar-refractivity contribution in [1.29, 1.82) is 0 Å². The summed E-state index contributed by atoms with van der Waals surface area (Å²) in [4.78, 5) is 0. The minimum atomic E-state index is -3.41. The van der Waals surface area contributed by atoms with Gasteiger partial charge in [0.25, 0.3) is 0 Å². The first kappa shape index (κ1) is 20.7. The zero-order chi connectivity index (χ0) is 17.5. The van der Waals surface area contributed by atoms with Crippen molar-refractivity contribution in [2.45, 2.75) is 24.4 Å². The molecule has 1 rings (SSSR count). The van der Waals surface area contributed by atoms with Crippen LogP contribution in [0.3, 0.4) is 0 Å². The Morgan fingerprint density at radius 1 is 1.04 bits per heavy atom. The molecule has 0 amide bonds. The third-order valence-electron chi connectivity index (χ3n) is 3.58. The van der Waals surface area contributed by atoms with Crippen LogP contribution in [0.5, 0.6) is 0 Å². The molecule has 0 spiro atoms. The minimum Gasteiger partial charge on any atom is -0.394 e. The summed E-state index contributed by atoms with van der Waals surface area (Å²) in [5.41, 5.74) is 0. The maximum atomic E-state index is 12.0. The molecule has 0 aliphatic carbocycles. The highest BCUT2D eigenvalue weighted by Crippen LogP contribution is 2.06. The highest BCUT2D eigenvalue weighted by atomic mass is 32.2. The van der Waals surface area contributed by atoms with Crippen molar-refractivity contribution < 1.29 is 38.7 Å². The number of nitrogens with one attached hydrogen (secondary N) is 1. The van der Waals surface area contributed by atoms with Crippen LogP contribution in [0.1, 0.15) is 0 Å². The molecule has 0 bridgehead atoms. The van der Waals surface area contributed by atoms with Gasteiger partial charge in [0.15, 0.2) is 0 Å². The minimum absolute atomic E-state index is 0.0577. The van der Waals surface area contributed by atoms with E-state index in [0.717, 1.165) is 0 Å². The summed E-state index contributed by atoms with van der Waals surface area (Å²) in [5.74, 6) is -0.169. The SMILES string of the molecule is O=S(=O)(CCNC[C@H](O)[C@@H](O)[C@H](O)[C@H](O)CO)N1CCOCC1. The number of ether oxygens (including phenoxy) is 1. The van der Waals surface area contributed by atoms with Crippen LogP contribution in [0.4, 0.5) is 0 Å². The first-order valence-corrected chi connectivity index (χ1v) is 9.00. The van der Waals surface area contributed by atoms with Crippen molar-refractivity contribution in [3.63, 3.8) is 0 Å². The Kier molecular flexibility index (Phi) is 8.82. The maximum Gasteiger partial charge on any atom is 0.215 e. The highest BCUT2D eigenvalue weighted by Gasteiger charge is 2.30. The Labute approximate surface area is 135 Å². The standard InChI is InChI=1S/C12H26N2O8S/c15-8-10(17)12(19)11(18)9(16)7-13-1-6-23(20,21)14-2-4-22-5-3-14/h9-13,15-19H,1-8H2/t9-,10+,11+,12+/m0/s1. The van der Waals surface area contributed by atoms with E-state index in [9.17, 15) is 28.8 Å². The Balaban J connectivity index is 2.30. The summed E-state index contributed by atoms with van der Waals surface area (Å²) in [7, 11) is -3.41. The fourth-order valence-electron chi connectivity index (χ4n) is 2.09. The predicted molar refractivity (Wildman–Crippen MR) is 80.2 cm³/mol. The monoisotopic (exact) mass is 358 g/mol. The van der Waals surface area contributed by atoms with Gasteiger partial charge in [0.2, 0.25) is 10.0 Å². The van der Waals surface area contributed by atoms with Crippen LogP contribution in [0.25, 0.3) is 0 Å². The van der Waals surface area contributed by atoms with Gasteiger partial charge < -0.3 is 35.6 Å². The fraction of sp³-hybridized carbons (Fsp3) is 1.00. The van der Waals surface area contributed by atoms with Crippen molar-refractivity contribution in [3.8, 4) is 0 Å². The van der Waals surface area contributed by atoms with Crippen molar-refractivity contribution >= 4 is 10.0 Å². The molecule has 11 heteroatoms. The number of aliphatic hydroxyl groups excluding tert-OH is 5. The van der Waals surface area contributed by atoms with Gasteiger partial charge in [-0.3, -0.25) is 0 Å². The van der Waals surface area contributed by atoms with Crippen molar-refractivity contribution in [2.24, 2.45) is 0 Å². The van der Waals surface area contributed by atoms with Gasteiger partial charge in [0.05, 0.1) is 31.7 Å². The lowest BCUT2D eigenvalue weighted by Gasteiger charge is -2.27. The van der Waals surface area contributed by atoms with Crippen molar-refractivity contribution in [3.05, 3.63) is 0 Å². The van der Waals surface area contributed by atoms with E-state index < -0.39 is 41.0 Å². The van der Waals surface area contributed by atoms with Gasteiger partial charge in [-0.25, -0.2) is 8.42 Å². The predicted octanol–water partition coefficient (Wildman–Crippen LogP) is -4.33. The lowest BCUT2D eigenvalue weighted by Crippen LogP contribution is -2.49. The lowest BCUT2D eigenvalue weighted by atomic mass is 10.0. The molecule has 0 saturated carbocycles. The highest BCUT2D eigenvalue weighted by molar-refractivity contribution is 7.89. The number of nitrogens with zero attached hydrogens (tertiary/aromatic N) is 1. The summed E-state index contributed by atoms with van der Waals surface area (Å²) in [5, 5.41) is 49.2. The molecule has 6 N–H and O–H groups in total. The molecule has 1 saturated heterocycles. The Morgan fingerprint density at radius 2 is 1.61 bits per heavy atom. The second-order valence-electron chi connectivity index (χ2n) is 5.33. The topological polar surface area (TPSA) is 160 Å². The molecular weight excluding hydrogens is 332 g/mol. The van der Waals surface area contributed by atoms with Crippen LogP contribution < -0.4 is 5.32 Å². The molecule has 1 aliphatic rings. The molecular formula is C12H26N2O8S. The van der Waals surface area contributed by atoms with E-state index in [2.05, 4.69) is 5.32 Å². The summed E-state index contributed by atoms with van der Waals surface area (Å²) in [6.45, 7) is 0.488.